The number of likely N-dealkylation sites (N-methyl/N-ethyl adjacent to an activating group) is 1. The number of nitrogens with zero attached hydrogens (tertiary/aromatic N) is 2. The Morgan fingerprint density at radius 2 is 2.07 bits per heavy atom. The summed E-state index contributed by atoms with van der Waals surface area (Å²) in [5, 5.41) is 11.6. The zero-order valence-corrected chi connectivity index (χ0v) is 9.25. The lowest BCUT2D eigenvalue weighted by molar-refractivity contribution is 0.503. The standard InChI is InChI=1S/C11H19N3/c1-4-10(12-5-2)8-11-7-6-9(3)13-14-11/h6-7,10,12H,4-5,8H2,1-3H3. The van der Waals surface area contributed by atoms with Crippen molar-refractivity contribution in [1.82, 2.24) is 15.5 Å². The van der Waals surface area contributed by atoms with Gasteiger partial charge in [0.25, 0.3) is 0 Å². The van der Waals surface area contributed by atoms with E-state index in [1.54, 1.807) is 0 Å². The summed E-state index contributed by atoms with van der Waals surface area (Å²) in [6.45, 7) is 7.29. The van der Waals surface area contributed by atoms with Crippen LogP contribution in [0.2, 0.25) is 0 Å². The van der Waals surface area contributed by atoms with Gasteiger partial charge in [-0.25, -0.2) is 0 Å². The minimum Gasteiger partial charge on any atom is -0.314 e. The fourth-order valence-corrected chi connectivity index (χ4v) is 1.44. The monoisotopic (exact) mass is 193 g/mol. The zero-order valence-electron chi connectivity index (χ0n) is 9.25. The highest BCUT2D eigenvalue weighted by molar-refractivity contribution is 5.06. The maximum Gasteiger partial charge on any atom is 0.0646 e. The molecular formula is C11H19N3. The molecule has 0 aliphatic heterocycles. The zero-order chi connectivity index (χ0) is 10.4. The Bertz CT molecular complexity index is 256. The summed E-state index contributed by atoms with van der Waals surface area (Å²) in [5.41, 5.74) is 2.05. The SMILES string of the molecule is CCNC(CC)Cc1ccc(C)nn1. The van der Waals surface area contributed by atoms with Gasteiger partial charge in [0.05, 0.1) is 11.4 Å². The predicted molar refractivity (Wildman–Crippen MR) is 58.2 cm³/mol. The molecule has 1 aromatic rings. The summed E-state index contributed by atoms with van der Waals surface area (Å²) < 4.78 is 0. The van der Waals surface area contributed by atoms with E-state index in [9.17, 15) is 0 Å². The van der Waals surface area contributed by atoms with Gasteiger partial charge in [-0.2, -0.15) is 10.2 Å². The topological polar surface area (TPSA) is 37.8 Å². The second kappa shape index (κ2) is 5.70. The van der Waals surface area contributed by atoms with Crippen LogP contribution >= 0.6 is 0 Å². The molecule has 0 amide bonds. The van der Waals surface area contributed by atoms with Gasteiger partial charge in [-0.15, -0.1) is 0 Å². The number of nitrogens with one attached hydrogen (secondary N) is 1. The van der Waals surface area contributed by atoms with E-state index in [4.69, 9.17) is 0 Å². The van der Waals surface area contributed by atoms with Crippen LogP contribution in [0.5, 0.6) is 0 Å². The van der Waals surface area contributed by atoms with Crippen molar-refractivity contribution in [2.24, 2.45) is 0 Å². The average molecular weight is 193 g/mol. The summed E-state index contributed by atoms with van der Waals surface area (Å²) in [6.07, 6.45) is 2.10. The lowest BCUT2D eigenvalue weighted by Crippen LogP contribution is -2.30. The van der Waals surface area contributed by atoms with Crippen LogP contribution in [0.4, 0.5) is 0 Å². The minimum atomic E-state index is 0.525. The van der Waals surface area contributed by atoms with Crippen molar-refractivity contribution in [2.75, 3.05) is 6.54 Å². The van der Waals surface area contributed by atoms with Gasteiger partial charge in [-0.1, -0.05) is 13.8 Å². The first kappa shape index (κ1) is 11.1. The normalized spacial score (nSPS) is 12.8. The highest BCUT2D eigenvalue weighted by atomic mass is 15.1. The molecule has 0 saturated heterocycles. The van der Waals surface area contributed by atoms with Crippen LogP contribution in [0.1, 0.15) is 31.7 Å². The average Bonchev–Trinajstić information content (AvgIpc) is 2.20. The smallest absolute Gasteiger partial charge is 0.0646 e. The van der Waals surface area contributed by atoms with Gasteiger partial charge >= 0.3 is 0 Å². The van der Waals surface area contributed by atoms with Crippen molar-refractivity contribution in [3.05, 3.63) is 23.5 Å². The van der Waals surface area contributed by atoms with Crippen LogP contribution in [-0.4, -0.2) is 22.8 Å². The molecule has 0 aliphatic carbocycles. The summed E-state index contributed by atoms with van der Waals surface area (Å²) in [5.74, 6) is 0. The maximum atomic E-state index is 4.16. The lowest BCUT2D eigenvalue weighted by Gasteiger charge is -2.14. The molecule has 0 radical (unpaired) electrons. The summed E-state index contributed by atoms with van der Waals surface area (Å²) in [4.78, 5) is 0. The van der Waals surface area contributed by atoms with Crippen molar-refractivity contribution < 1.29 is 0 Å². The molecule has 1 atom stereocenters. The van der Waals surface area contributed by atoms with Crippen LogP contribution in [0.25, 0.3) is 0 Å². The first-order valence-electron chi connectivity index (χ1n) is 5.28. The van der Waals surface area contributed by atoms with Crippen LogP contribution in [0.3, 0.4) is 0 Å². The molecule has 0 spiro atoms. The van der Waals surface area contributed by atoms with Gasteiger partial charge in [0.2, 0.25) is 0 Å². The van der Waals surface area contributed by atoms with E-state index in [0.717, 1.165) is 30.8 Å². The summed E-state index contributed by atoms with van der Waals surface area (Å²) >= 11 is 0. The Labute approximate surface area is 85.9 Å². The minimum absolute atomic E-state index is 0.525. The molecule has 14 heavy (non-hydrogen) atoms. The molecule has 0 aliphatic rings. The Morgan fingerprint density at radius 3 is 2.57 bits per heavy atom. The lowest BCUT2D eigenvalue weighted by atomic mass is 10.1. The van der Waals surface area contributed by atoms with Gasteiger partial charge < -0.3 is 5.32 Å². The van der Waals surface area contributed by atoms with Gasteiger partial charge in [0.1, 0.15) is 0 Å². The maximum absolute atomic E-state index is 4.16. The van der Waals surface area contributed by atoms with Crippen molar-refractivity contribution in [1.29, 1.82) is 0 Å². The fourth-order valence-electron chi connectivity index (χ4n) is 1.44. The first-order valence-corrected chi connectivity index (χ1v) is 5.28. The van der Waals surface area contributed by atoms with E-state index in [1.807, 2.05) is 13.0 Å². The third-order valence-electron chi connectivity index (χ3n) is 2.29. The predicted octanol–water partition coefficient (Wildman–Crippen LogP) is 1.72. The molecule has 1 rings (SSSR count). The Morgan fingerprint density at radius 1 is 1.29 bits per heavy atom. The van der Waals surface area contributed by atoms with Crippen LogP contribution in [0, 0.1) is 6.92 Å². The van der Waals surface area contributed by atoms with Crippen molar-refractivity contribution in [3.63, 3.8) is 0 Å². The van der Waals surface area contributed by atoms with Crippen LogP contribution < -0.4 is 5.32 Å². The van der Waals surface area contributed by atoms with Crippen LogP contribution in [0.15, 0.2) is 12.1 Å². The fraction of sp³-hybridized carbons (Fsp3) is 0.636. The number of hydrogen-bond acceptors (Lipinski definition) is 3. The van der Waals surface area contributed by atoms with Crippen molar-refractivity contribution >= 4 is 0 Å². The molecule has 0 saturated carbocycles. The van der Waals surface area contributed by atoms with Gasteiger partial charge in [0, 0.05) is 12.5 Å². The molecule has 1 N–H and O–H groups in total. The third kappa shape index (κ3) is 3.42. The van der Waals surface area contributed by atoms with Crippen molar-refractivity contribution in [2.45, 2.75) is 39.7 Å². The van der Waals surface area contributed by atoms with Crippen LogP contribution in [-0.2, 0) is 6.42 Å². The van der Waals surface area contributed by atoms with E-state index in [0.29, 0.717) is 6.04 Å². The molecule has 1 unspecified atom stereocenters. The van der Waals surface area contributed by atoms with Gasteiger partial charge in [-0.3, -0.25) is 0 Å². The molecule has 0 fully saturated rings. The third-order valence-corrected chi connectivity index (χ3v) is 2.29. The number of aryl methyl sites for hydroxylation is 1. The Balaban J connectivity index is 2.53. The molecule has 3 nitrogen and oxygen atoms in total. The van der Waals surface area contributed by atoms with Gasteiger partial charge in [-0.05, 0) is 32.0 Å². The van der Waals surface area contributed by atoms with Crippen molar-refractivity contribution in [3.8, 4) is 0 Å². The van der Waals surface area contributed by atoms with E-state index in [1.165, 1.54) is 0 Å². The molecule has 1 heterocycles. The molecule has 0 bridgehead atoms. The quantitative estimate of drug-likeness (QED) is 0.773. The molecular weight excluding hydrogens is 174 g/mol. The molecule has 0 aromatic carbocycles. The molecule has 78 valence electrons. The largest absolute Gasteiger partial charge is 0.314 e. The van der Waals surface area contributed by atoms with E-state index in [-0.39, 0.29) is 0 Å². The number of hydrogen-bond donors (Lipinski definition) is 1. The Hall–Kier alpha value is -0.960. The highest BCUT2D eigenvalue weighted by Crippen LogP contribution is 2.02. The molecule has 1 aromatic heterocycles. The van der Waals surface area contributed by atoms with Gasteiger partial charge in [0.15, 0.2) is 0 Å². The number of rotatable bonds is 5. The van der Waals surface area contributed by atoms with E-state index < -0.39 is 0 Å². The van der Waals surface area contributed by atoms with E-state index >= 15 is 0 Å². The molecule has 3 heteroatoms. The second-order valence-electron chi connectivity index (χ2n) is 3.53. The first-order chi connectivity index (χ1) is 6.76. The summed E-state index contributed by atoms with van der Waals surface area (Å²) in [7, 11) is 0. The summed E-state index contributed by atoms with van der Waals surface area (Å²) in [6, 6.07) is 4.60. The van der Waals surface area contributed by atoms with E-state index in [2.05, 4.69) is 35.4 Å². The number of aromatic nitrogens is 2. The Kier molecular flexibility index (Phi) is 4.53. The highest BCUT2D eigenvalue weighted by Gasteiger charge is 2.06. The second-order valence-corrected chi connectivity index (χ2v) is 3.53.